The van der Waals surface area contributed by atoms with Gasteiger partial charge >= 0.3 is 0 Å². The molecule has 7 nitrogen and oxygen atoms in total. The number of benzene rings is 1. The van der Waals surface area contributed by atoms with E-state index in [-0.39, 0.29) is 17.4 Å². The van der Waals surface area contributed by atoms with Gasteiger partial charge in [0.25, 0.3) is 5.91 Å². The number of hydrogen-bond donors (Lipinski definition) is 1. The molecular weight excluding hydrogens is 420 g/mol. The molecule has 3 rings (SSSR count). The summed E-state index contributed by atoms with van der Waals surface area (Å²) < 4.78 is 28.5. The minimum atomic E-state index is -3.10. The van der Waals surface area contributed by atoms with Gasteiger partial charge in [0.2, 0.25) is 5.91 Å². The summed E-state index contributed by atoms with van der Waals surface area (Å²) in [5, 5.41) is 2.72. The largest absolute Gasteiger partial charge is 0.497 e. The minimum absolute atomic E-state index is 0.0674. The molecule has 2 saturated heterocycles. The van der Waals surface area contributed by atoms with Crippen molar-refractivity contribution in [2.24, 2.45) is 0 Å². The molecule has 2 aliphatic heterocycles. The molecule has 0 radical (unpaired) electrons. The third-order valence-corrected chi connectivity index (χ3v) is 7.68. The van der Waals surface area contributed by atoms with Crippen molar-refractivity contribution < 1.29 is 22.7 Å². The van der Waals surface area contributed by atoms with Gasteiger partial charge in [-0.1, -0.05) is 36.1 Å². The Bertz CT molecular complexity index is 940. The predicted molar refractivity (Wildman–Crippen MR) is 113 cm³/mol. The number of thioether (sulfide) groups is 1. The molecule has 1 aromatic carbocycles. The van der Waals surface area contributed by atoms with Gasteiger partial charge in [0.1, 0.15) is 16.1 Å². The Morgan fingerprint density at radius 1 is 1.39 bits per heavy atom. The second-order valence-corrected chi connectivity index (χ2v) is 10.5. The topological polar surface area (TPSA) is 92.8 Å². The molecule has 1 N–H and O–H groups in total. The second-order valence-electron chi connectivity index (χ2n) is 6.61. The number of sulfone groups is 1. The van der Waals surface area contributed by atoms with Crippen molar-refractivity contribution in [3.05, 3.63) is 34.7 Å². The normalized spacial score (nSPS) is 23.9. The number of carbonyl (C=O) groups excluding carboxylic acids is 2. The zero-order chi connectivity index (χ0) is 20.5. The molecule has 1 aromatic rings. The molecule has 0 bridgehead atoms. The van der Waals surface area contributed by atoms with Gasteiger partial charge in [-0.05, 0) is 37.1 Å². The van der Waals surface area contributed by atoms with E-state index in [1.54, 1.807) is 32.2 Å². The number of amides is 2. The van der Waals surface area contributed by atoms with Gasteiger partial charge in [0.15, 0.2) is 9.84 Å². The molecule has 28 heavy (non-hydrogen) atoms. The lowest BCUT2D eigenvalue weighted by Gasteiger charge is -2.23. The quantitative estimate of drug-likeness (QED) is 0.549. The van der Waals surface area contributed by atoms with Crippen LogP contribution in [0.2, 0.25) is 0 Å². The highest BCUT2D eigenvalue weighted by atomic mass is 32.2. The van der Waals surface area contributed by atoms with Crippen LogP contribution in [0.25, 0.3) is 6.08 Å². The van der Waals surface area contributed by atoms with E-state index < -0.39 is 27.8 Å². The van der Waals surface area contributed by atoms with Gasteiger partial charge in [-0.15, -0.1) is 0 Å². The summed E-state index contributed by atoms with van der Waals surface area (Å²) in [7, 11) is -1.52. The average molecular weight is 441 g/mol. The summed E-state index contributed by atoms with van der Waals surface area (Å²) in [6.07, 6.45) is 2.10. The molecule has 2 fully saturated rings. The highest BCUT2D eigenvalue weighted by molar-refractivity contribution is 8.26. The molecule has 150 valence electrons. The average Bonchev–Trinajstić information content (AvgIpc) is 3.13. The van der Waals surface area contributed by atoms with E-state index >= 15 is 0 Å². The summed E-state index contributed by atoms with van der Waals surface area (Å²) in [4.78, 5) is 27.0. The maximum atomic E-state index is 12.8. The first-order valence-corrected chi connectivity index (χ1v) is 11.7. The van der Waals surface area contributed by atoms with Gasteiger partial charge in [-0.2, -0.15) is 0 Å². The zero-order valence-corrected chi connectivity index (χ0v) is 17.8. The predicted octanol–water partition coefficient (Wildman–Crippen LogP) is 1.59. The fourth-order valence-electron chi connectivity index (χ4n) is 3.01. The lowest BCUT2D eigenvalue weighted by atomic mass is 10.2. The summed E-state index contributed by atoms with van der Waals surface area (Å²) in [5.74, 6) is -0.0420. The third kappa shape index (κ3) is 4.56. The summed E-state index contributed by atoms with van der Waals surface area (Å²) in [5.41, 5.74) is 0.814. The highest BCUT2D eigenvalue weighted by Gasteiger charge is 2.39. The van der Waals surface area contributed by atoms with Crippen molar-refractivity contribution in [3.8, 4) is 5.75 Å². The van der Waals surface area contributed by atoms with Crippen LogP contribution in [0.15, 0.2) is 29.2 Å². The van der Waals surface area contributed by atoms with Crippen LogP contribution in [-0.2, 0) is 19.4 Å². The number of ether oxygens (including phenoxy) is 1. The van der Waals surface area contributed by atoms with Gasteiger partial charge in [0.05, 0.1) is 23.5 Å². The molecule has 2 aliphatic rings. The van der Waals surface area contributed by atoms with Crippen LogP contribution in [0.5, 0.6) is 5.75 Å². The van der Waals surface area contributed by atoms with Gasteiger partial charge in [-0.25, -0.2) is 8.42 Å². The number of rotatable bonds is 5. The second kappa shape index (κ2) is 8.22. The Kier molecular flexibility index (Phi) is 6.11. The van der Waals surface area contributed by atoms with E-state index in [0.717, 1.165) is 17.3 Å². The van der Waals surface area contributed by atoms with Crippen LogP contribution < -0.4 is 10.1 Å². The van der Waals surface area contributed by atoms with Crippen LogP contribution in [0.3, 0.4) is 0 Å². The molecule has 2 atom stereocenters. The van der Waals surface area contributed by atoms with Crippen molar-refractivity contribution >= 4 is 56.0 Å². The molecule has 0 spiro atoms. The Hall–Kier alpha value is -1.91. The Balaban J connectivity index is 1.69. The Morgan fingerprint density at radius 3 is 2.64 bits per heavy atom. The summed E-state index contributed by atoms with van der Waals surface area (Å²) in [6, 6.07) is 5.98. The molecule has 2 amide bonds. The van der Waals surface area contributed by atoms with Crippen LogP contribution in [0.4, 0.5) is 0 Å². The van der Waals surface area contributed by atoms with Crippen molar-refractivity contribution in [2.75, 3.05) is 18.6 Å². The van der Waals surface area contributed by atoms with Gasteiger partial charge in [-0.3, -0.25) is 14.5 Å². The van der Waals surface area contributed by atoms with E-state index in [2.05, 4.69) is 5.32 Å². The number of methoxy groups -OCH3 is 1. The van der Waals surface area contributed by atoms with Crippen LogP contribution in [0.1, 0.15) is 18.9 Å². The van der Waals surface area contributed by atoms with Crippen molar-refractivity contribution in [1.82, 2.24) is 10.2 Å². The SMILES string of the molecule is COc1ccc(C=C2SC(=S)N(C(C)C(=O)NC3CCS(=O)(=O)C3)C2=O)cc1. The lowest BCUT2D eigenvalue weighted by Crippen LogP contribution is -2.50. The molecule has 0 saturated carbocycles. The first-order valence-electron chi connectivity index (χ1n) is 8.62. The molecule has 0 aromatic heterocycles. The van der Waals surface area contributed by atoms with Crippen molar-refractivity contribution in [3.63, 3.8) is 0 Å². The Labute approximate surface area is 173 Å². The number of carbonyl (C=O) groups is 2. The smallest absolute Gasteiger partial charge is 0.266 e. The molecular formula is C18H20N2O5S3. The number of thiocarbonyl (C=S) groups is 1. The van der Waals surface area contributed by atoms with Gasteiger partial charge < -0.3 is 10.1 Å². The highest BCUT2D eigenvalue weighted by Crippen LogP contribution is 2.34. The maximum absolute atomic E-state index is 12.8. The summed E-state index contributed by atoms with van der Waals surface area (Å²) >= 11 is 6.43. The number of hydrogen-bond acceptors (Lipinski definition) is 7. The van der Waals surface area contributed by atoms with Crippen molar-refractivity contribution in [2.45, 2.75) is 25.4 Å². The van der Waals surface area contributed by atoms with Gasteiger partial charge in [0, 0.05) is 6.04 Å². The molecule has 2 heterocycles. The van der Waals surface area contributed by atoms with E-state index in [1.807, 2.05) is 12.1 Å². The standard InChI is InChI=1S/C18H20N2O5S3/c1-11(16(21)19-13-7-8-28(23,24)10-13)20-17(22)15(27-18(20)26)9-12-3-5-14(25-2)6-4-12/h3-6,9,11,13H,7-8,10H2,1-2H3,(H,19,21). The number of nitrogens with zero attached hydrogens (tertiary/aromatic N) is 1. The zero-order valence-electron chi connectivity index (χ0n) is 15.4. The van der Waals surface area contributed by atoms with E-state index in [9.17, 15) is 18.0 Å². The minimum Gasteiger partial charge on any atom is -0.497 e. The first kappa shape index (κ1) is 20.8. The molecule has 10 heteroatoms. The fourth-order valence-corrected chi connectivity index (χ4v) is 6.10. The van der Waals surface area contributed by atoms with Crippen LogP contribution in [-0.4, -0.2) is 60.2 Å². The first-order chi connectivity index (χ1) is 13.2. The lowest BCUT2D eigenvalue weighted by molar-refractivity contribution is -0.132. The monoisotopic (exact) mass is 440 g/mol. The fraction of sp³-hybridized carbons (Fsp3) is 0.389. The third-order valence-electron chi connectivity index (χ3n) is 4.58. The van der Waals surface area contributed by atoms with Crippen molar-refractivity contribution in [1.29, 1.82) is 0 Å². The van der Waals surface area contributed by atoms with Crippen LogP contribution >= 0.6 is 24.0 Å². The van der Waals surface area contributed by atoms with E-state index in [0.29, 0.717) is 21.4 Å². The molecule has 2 unspecified atom stereocenters. The maximum Gasteiger partial charge on any atom is 0.266 e. The summed E-state index contributed by atoms with van der Waals surface area (Å²) in [6.45, 7) is 1.58. The Morgan fingerprint density at radius 2 is 2.07 bits per heavy atom. The van der Waals surface area contributed by atoms with E-state index in [1.165, 1.54) is 4.90 Å². The molecule has 0 aliphatic carbocycles. The van der Waals surface area contributed by atoms with E-state index in [4.69, 9.17) is 17.0 Å². The van der Waals surface area contributed by atoms with Crippen LogP contribution in [0, 0.1) is 0 Å². The number of nitrogens with one attached hydrogen (secondary N) is 1.